The summed E-state index contributed by atoms with van der Waals surface area (Å²) in [6.45, 7) is 2.71. The molecule has 2 N–H and O–H groups in total. The molecule has 1 aliphatic heterocycles. The standard InChI is InChI=1S/C20H21N5OS/c1-2-13-21-19(26)17-16(14-9-5-3-6-10-14)24-25-18(22-23-20(25)27-17)15-11-7-4-8-12-15/h3-12,16-17,24H,2,13H2,1H3,(H,21,26)/t16-,17+/m0/s1. The highest BCUT2D eigenvalue weighted by Crippen LogP contribution is 2.38. The van der Waals surface area contributed by atoms with Crippen molar-refractivity contribution in [2.24, 2.45) is 0 Å². The highest BCUT2D eigenvalue weighted by molar-refractivity contribution is 8.00. The van der Waals surface area contributed by atoms with E-state index >= 15 is 0 Å². The van der Waals surface area contributed by atoms with Gasteiger partial charge in [0.05, 0.1) is 6.04 Å². The van der Waals surface area contributed by atoms with E-state index in [2.05, 4.69) is 20.9 Å². The van der Waals surface area contributed by atoms with Crippen LogP contribution < -0.4 is 10.7 Å². The third-order valence-corrected chi connectivity index (χ3v) is 5.65. The van der Waals surface area contributed by atoms with Gasteiger partial charge < -0.3 is 10.7 Å². The summed E-state index contributed by atoms with van der Waals surface area (Å²) in [7, 11) is 0. The molecule has 0 aliphatic carbocycles. The second-order valence-electron chi connectivity index (χ2n) is 6.35. The number of nitrogens with one attached hydrogen (secondary N) is 2. The van der Waals surface area contributed by atoms with Crippen molar-refractivity contribution in [3.8, 4) is 11.4 Å². The van der Waals surface area contributed by atoms with Crippen LogP contribution in [0.5, 0.6) is 0 Å². The molecule has 7 heteroatoms. The van der Waals surface area contributed by atoms with E-state index in [-0.39, 0.29) is 17.2 Å². The second-order valence-corrected chi connectivity index (χ2v) is 7.46. The molecule has 6 nitrogen and oxygen atoms in total. The van der Waals surface area contributed by atoms with Crippen LogP contribution in [0.25, 0.3) is 11.4 Å². The van der Waals surface area contributed by atoms with Gasteiger partial charge in [-0.05, 0) is 12.0 Å². The number of carbonyl (C=O) groups excluding carboxylic acids is 1. The molecule has 3 aromatic rings. The number of rotatable bonds is 5. The van der Waals surface area contributed by atoms with Crippen LogP contribution in [-0.4, -0.2) is 32.6 Å². The predicted octanol–water partition coefficient (Wildman–Crippen LogP) is 3.23. The van der Waals surface area contributed by atoms with Crippen LogP contribution in [0, 0.1) is 0 Å². The number of hydrogen-bond acceptors (Lipinski definition) is 5. The van der Waals surface area contributed by atoms with Gasteiger partial charge in [0.25, 0.3) is 0 Å². The molecule has 2 heterocycles. The molecule has 138 valence electrons. The molecule has 0 saturated heterocycles. The zero-order valence-electron chi connectivity index (χ0n) is 15.0. The van der Waals surface area contributed by atoms with Crippen LogP contribution >= 0.6 is 11.8 Å². The molecule has 27 heavy (non-hydrogen) atoms. The van der Waals surface area contributed by atoms with Crippen LogP contribution in [0.4, 0.5) is 0 Å². The third kappa shape index (κ3) is 3.55. The zero-order chi connectivity index (χ0) is 18.6. The Hall–Kier alpha value is -2.80. The minimum absolute atomic E-state index is 0.0127. The number of amides is 1. The van der Waals surface area contributed by atoms with Crippen molar-refractivity contribution in [3.05, 3.63) is 66.2 Å². The van der Waals surface area contributed by atoms with Gasteiger partial charge >= 0.3 is 0 Å². The Morgan fingerprint density at radius 3 is 2.52 bits per heavy atom. The van der Waals surface area contributed by atoms with Gasteiger partial charge in [-0.3, -0.25) is 4.79 Å². The summed E-state index contributed by atoms with van der Waals surface area (Å²) in [6, 6.07) is 19.8. The summed E-state index contributed by atoms with van der Waals surface area (Å²) in [5.41, 5.74) is 5.51. The highest BCUT2D eigenvalue weighted by Gasteiger charge is 2.37. The fraction of sp³-hybridized carbons (Fsp3) is 0.250. The van der Waals surface area contributed by atoms with Crippen LogP contribution in [0.2, 0.25) is 0 Å². The Morgan fingerprint density at radius 2 is 1.81 bits per heavy atom. The van der Waals surface area contributed by atoms with Crippen molar-refractivity contribution in [1.29, 1.82) is 0 Å². The Morgan fingerprint density at radius 1 is 1.11 bits per heavy atom. The lowest BCUT2D eigenvalue weighted by Crippen LogP contribution is -2.44. The molecule has 1 aromatic heterocycles. The Balaban J connectivity index is 1.71. The quantitative estimate of drug-likeness (QED) is 0.712. The average molecular weight is 379 g/mol. The maximum Gasteiger partial charge on any atom is 0.236 e. The second kappa shape index (κ2) is 7.84. The van der Waals surface area contributed by atoms with Crippen molar-refractivity contribution in [2.45, 2.75) is 29.8 Å². The van der Waals surface area contributed by atoms with Gasteiger partial charge in [-0.1, -0.05) is 79.3 Å². The maximum absolute atomic E-state index is 12.8. The molecule has 0 unspecified atom stereocenters. The molecule has 0 saturated carbocycles. The van der Waals surface area contributed by atoms with Crippen molar-refractivity contribution in [3.63, 3.8) is 0 Å². The van der Waals surface area contributed by atoms with Crippen molar-refractivity contribution in [2.75, 3.05) is 12.0 Å². The van der Waals surface area contributed by atoms with E-state index in [1.807, 2.05) is 72.3 Å². The number of benzene rings is 2. The first-order valence-electron chi connectivity index (χ1n) is 9.04. The molecule has 2 aromatic carbocycles. The largest absolute Gasteiger partial charge is 0.355 e. The molecular weight excluding hydrogens is 358 g/mol. The first-order valence-corrected chi connectivity index (χ1v) is 9.92. The molecule has 0 radical (unpaired) electrons. The van der Waals surface area contributed by atoms with E-state index in [0.29, 0.717) is 11.7 Å². The summed E-state index contributed by atoms with van der Waals surface area (Å²) >= 11 is 1.45. The van der Waals surface area contributed by atoms with Gasteiger partial charge in [0.2, 0.25) is 11.1 Å². The van der Waals surface area contributed by atoms with Crippen molar-refractivity contribution >= 4 is 17.7 Å². The molecule has 2 atom stereocenters. The number of thioether (sulfide) groups is 1. The number of nitrogens with zero attached hydrogens (tertiary/aromatic N) is 3. The third-order valence-electron chi connectivity index (χ3n) is 4.43. The Bertz CT molecular complexity index is 913. The number of fused-ring (bicyclic) bond motifs is 1. The van der Waals surface area contributed by atoms with Gasteiger partial charge in [-0.15, -0.1) is 10.2 Å². The van der Waals surface area contributed by atoms with E-state index in [1.54, 1.807) is 0 Å². The summed E-state index contributed by atoms with van der Waals surface area (Å²) in [5.74, 6) is 0.755. The fourth-order valence-corrected chi connectivity index (χ4v) is 4.19. The summed E-state index contributed by atoms with van der Waals surface area (Å²) in [6.07, 6.45) is 0.904. The molecule has 1 aliphatic rings. The number of carbonyl (C=O) groups is 1. The molecule has 0 bridgehead atoms. The van der Waals surface area contributed by atoms with Gasteiger partial charge in [-0.2, -0.15) is 0 Å². The van der Waals surface area contributed by atoms with Crippen LogP contribution in [0.1, 0.15) is 24.9 Å². The average Bonchev–Trinajstić information content (AvgIpc) is 3.15. The van der Waals surface area contributed by atoms with E-state index in [9.17, 15) is 4.79 Å². The molecular formula is C20H21N5OS. The SMILES string of the molecule is CCCNC(=O)[C@@H]1Sc2nnc(-c3ccccc3)n2N[C@H]1c1ccccc1. The van der Waals surface area contributed by atoms with Crippen LogP contribution in [-0.2, 0) is 4.79 Å². The van der Waals surface area contributed by atoms with Gasteiger partial charge in [0.1, 0.15) is 5.25 Å². The summed E-state index contributed by atoms with van der Waals surface area (Å²) in [4.78, 5) is 12.8. The predicted molar refractivity (Wildman–Crippen MR) is 107 cm³/mol. The minimum atomic E-state index is -0.320. The zero-order valence-corrected chi connectivity index (χ0v) is 15.8. The lowest BCUT2D eigenvalue weighted by molar-refractivity contribution is -0.120. The number of hydrogen-bond donors (Lipinski definition) is 2. The Labute approximate surface area is 162 Å². The molecule has 0 fully saturated rings. The smallest absolute Gasteiger partial charge is 0.236 e. The van der Waals surface area contributed by atoms with E-state index in [4.69, 9.17) is 0 Å². The molecule has 0 spiro atoms. The monoisotopic (exact) mass is 379 g/mol. The molecule has 4 rings (SSSR count). The normalized spacial score (nSPS) is 18.4. The lowest BCUT2D eigenvalue weighted by Gasteiger charge is -2.33. The Kier molecular flexibility index (Phi) is 5.11. The van der Waals surface area contributed by atoms with Crippen LogP contribution in [0.3, 0.4) is 0 Å². The first kappa shape index (κ1) is 17.6. The summed E-state index contributed by atoms with van der Waals surface area (Å²) < 4.78 is 1.89. The minimum Gasteiger partial charge on any atom is -0.355 e. The van der Waals surface area contributed by atoms with Crippen molar-refractivity contribution in [1.82, 2.24) is 20.2 Å². The highest BCUT2D eigenvalue weighted by atomic mass is 32.2. The van der Waals surface area contributed by atoms with E-state index in [1.165, 1.54) is 11.8 Å². The van der Waals surface area contributed by atoms with Crippen molar-refractivity contribution < 1.29 is 4.79 Å². The van der Waals surface area contributed by atoms with Gasteiger partial charge in [0, 0.05) is 12.1 Å². The van der Waals surface area contributed by atoms with Gasteiger partial charge in [0.15, 0.2) is 5.82 Å². The van der Waals surface area contributed by atoms with E-state index < -0.39 is 0 Å². The first-order chi connectivity index (χ1) is 13.3. The number of aromatic nitrogens is 3. The summed E-state index contributed by atoms with van der Waals surface area (Å²) in [5, 5.41) is 12.0. The van der Waals surface area contributed by atoms with Gasteiger partial charge in [-0.25, -0.2) is 4.68 Å². The van der Waals surface area contributed by atoms with Crippen LogP contribution in [0.15, 0.2) is 65.8 Å². The van der Waals surface area contributed by atoms with E-state index in [0.717, 1.165) is 23.4 Å². The molecule has 1 amide bonds. The fourth-order valence-electron chi connectivity index (χ4n) is 3.09. The topological polar surface area (TPSA) is 71.8 Å². The lowest BCUT2D eigenvalue weighted by atomic mass is 10.0. The maximum atomic E-state index is 12.8.